The Hall–Kier alpha value is -0.660. The van der Waals surface area contributed by atoms with Crippen LogP contribution in [0.25, 0.3) is 0 Å². The number of hydrogen-bond donors (Lipinski definition) is 0. The first-order valence-electron chi connectivity index (χ1n) is 17.5. The maximum Gasteiger partial charge on any atom is 0.177 e. The molecular formula is C38H55ClIN3O. The van der Waals surface area contributed by atoms with Gasteiger partial charge in [-0.2, -0.15) is 0 Å². The Balaban J connectivity index is 0.00000312. The van der Waals surface area contributed by atoms with Crippen molar-refractivity contribution in [3.05, 3.63) is 46.2 Å². The Morgan fingerprint density at radius 3 is 2.32 bits per heavy atom. The van der Waals surface area contributed by atoms with Crippen LogP contribution in [0, 0.1) is 50.7 Å². The van der Waals surface area contributed by atoms with Crippen molar-refractivity contribution < 1.29 is 33.4 Å². The zero-order chi connectivity index (χ0) is 30.4. The number of nitrogens with zero attached hydrogens (tertiary/aromatic N) is 3. The molecule has 44 heavy (non-hydrogen) atoms. The van der Waals surface area contributed by atoms with E-state index < -0.39 is 0 Å². The molecule has 0 radical (unpaired) electrons. The summed E-state index contributed by atoms with van der Waals surface area (Å²) in [5.74, 6) is 2.97. The van der Waals surface area contributed by atoms with Gasteiger partial charge in [0, 0.05) is 16.9 Å². The lowest BCUT2D eigenvalue weighted by molar-refractivity contribution is -0.757. The lowest BCUT2D eigenvalue weighted by atomic mass is 9.31. The smallest absolute Gasteiger partial charge is 0.177 e. The van der Waals surface area contributed by atoms with E-state index in [-0.39, 0.29) is 34.8 Å². The van der Waals surface area contributed by atoms with Crippen molar-refractivity contribution in [1.29, 1.82) is 0 Å². The summed E-state index contributed by atoms with van der Waals surface area (Å²) in [5.41, 5.74) is 6.08. The van der Waals surface area contributed by atoms with Crippen LogP contribution in [-0.4, -0.2) is 22.6 Å². The predicted octanol–water partition coefficient (Wildman–Crippen LogP) is 5.32. The van der Waals surface area contributed by atoms with Crippen molar-refractivity contribution in [3.8, 4) is 0 Å². The highest BCUT2D eigenvalue weighted by Gasteiger charge is 2.73. The minimum Gasteiger partial charge on any atom is -1.00 e. The standard InChI is InChI=1S/C38H55ClN3O.HI/c1-33(2)17-19-38-20-18-36(6)26(30(38)32(33)43-23-38)13-14-29-35(5)21-27-31(34(3,4)28(35)15-16-37(29,36)7)42(40-41(27)8)22-24-9-11-25(39)12-10-24;/h9-12,26,28-30,32H,13-23H2,1-8H3;1H/q+1;/p-1/t26-,28+,29-,30+,32-,35+,36-,37-,38-;/m1./s1. The van der Waals surface area contributed by atoms with Crippen LogP contribution >= 0.6 is 11.6 Å². The molecule has 2 heterocycles. The van der Waals surface area contributed by atoms with Crippen molar-refractivity contribution in [2.45, 2.75) is 124 Å². The Morgan fingerprint density at radius 2 is 1.59 bits per heavy atom. The van der Waals surface area contributed by atoms with Crippen molar-refractivity contribution in [3.63, 3.8) is 0 Å². The number of ether oxygens (including phenoxy) is 1. The van der Waals surface area contributed by atoms with E-state index in [0.717, 1.165) is 42.3 Å². The number of hydrogen-bond acceptors (Lipinski definition) is 2. The minimum absolute atomic E-state index is 0. The molecule has 2 bridgehead atoms. The molecular weight excluding hydrogens is 677 g/mol. The molecule has 0 N–H and O–H groups in total. The van der Waals surface area contributed by atoms with Gasteiger partial charge in [0.25, 0.3) is 0 Å². The summed E-state index contributed by atoms with van der Waals surface area (Å²) in [7, 11) is 2.19. The summed E-state index contributed by atoms with van der Waals surface area (Å²) in [6, 6.07) is 8.32. The molecule has 0 unspecified atom stereocenters. The third kappa shape index (κ3) is 3.96. The first kappa shape index (κ1) is 31.9. The van der Waals surface area contributed by atoms with E-state index in [1.807, 2.05) is 12.1 Å². The molecule has 0 spiro atoms. The average molecular weight is 732 g/mol. The number of aryl methyl sites for hydroxylation is 1. The molecule has 1 aromatic carbocycles. The number of halogens is 2. The van der Waals surface area contributed by atoms with Crippen LogP contribution < -0.4 is 28.7 Å². The monoisotopic (exact) mass is 731 g/mol. The van der Waals surface area contributed by atoms with Gasteiger partial charge < -0.3 is 28.7 Å². The summed E-state index contributed by atoms with van der Waals surface area (Å²) >= 11 is 6.22. The van der Waals surface area contributed by atoms with Crippen molar-refractivity contribution in [2.24, 2.45) is 57.8 Å². The van der Waals surface area contributed by atoms with E-state index in [0.29, 0.717) is 33.7 Å². The van der Waals surface area contributed by atoms with Crippen LogP contribution in [-0.2, 0) is 30.2 Å². The zero-order valence-electron chi connectivity index (χ0n) is 28.5. The molecule has 4 saturated carbocycles. The van der Waals surface area contributed by atoms with Crippen molar-refractivity contribution in [2.75, 3.05) is 6.61 Å². The van der Waals surface area contributed by atoms with E-state index in [1.165, 1.54) is 68.3 Å². The summed E-state index contributed by atoms with van der Waals surface area (Å²) in [4.78, 5) is 0. The molecule has 8 rings (SSSR count). The van der Waals surface area contributed by atoms with Gasteiger partial charge in [-0.1, -0.05) is 72.2 Å². The maximum absolute atomic E-state index is 6.81. The SMILES string of the molecule is Cn1n[n+](Cc2ccc(Cl)cc2)c2c1C[C@]1(C)[C@H]3CC[C@@H]4[C@H]5[C@H]6OC[C@@]5(CCC6(C)C)CC[C@@]4(C)[C@]3(C)CC[C@H]1C2(C)C.[I-]. The van der Waals surface area contributed by atoms with Gasteiger partial charge in [-0.05, 0) is 120 Å². The van der Waals surface area contributed by atoms with Gasteiger partial charge in [0.15, 0.2) is 11.4 Å². The normalized spacial score (nSPS) is 44.3. The largest absolute Gasteiger partial charge is 1.00 e. The van der Waals surface area contributed by atoms with Crippen molar-refractivity contribution in [1.82, 2.24) is 9.90 Å². The van der Waals surface area contributed by atoms with Gasteiger partial charge in [-0.3, -0.25) is 0 Å². The van der Waals surface area contributed by atoms with Crippen LogP contribution in [0.15, 0.2) is 24.3 Å². The van der Waals surface area contributed by atoms with Crippen LogP contribution in [0.5, 0.6) is 0 Å². The van der Waals surface area contributed by atoms with Crippen LogP contribution in [0.4, 0.5) is 0 Å². The highest BCUT2D eigenvalue weighted by molar-refractivity contribution is 6.30. The lowest BCUT2D eigenvalue weighted by Crippen LogP contribution is -3.00. The summed E-state index contributed by atoms with van der Waals surface area (Å²) < 4.78 is 11.4. The Bertz CT molecular complexity index is 1470. The molecule has 0 amide bonds. The number of fused-ring (bicyclic) bond motifs is 6. The van der Waals surface area contributed by atoms with E-state index >= 15 is 0 Å². The van der Waals surface area contributed by atoms with Crippen LogP contribution in [0.2, 0.25) is 5.02 Å². The zero-order valence-corrected chi connectivity index (χ0v) is 31.4. The molecule has 1 aromatic heterocycles. The van der Waals surface area contributed by atoms with E-state index in [2.05, 4.69) is 77.0 Å². The Kier molecular flexibility index (Phi) is 7.21. The van der Waals surface area contributed by atoms with E-state index in [4.69, 9.17) is 21.6 Å². The second-order valence-corrected chi connectivity index (χ2v) is 18.7. The van der Waals surface area contributed by atoms with Gasteiger partial charge in [0.1, 0.15) is 13.6 Å². The molecule has 1 aliphatic heterocycles. The fourth-order valence-electron chi connectivity index (χ4n) is 13.6. The molecule has 6 aliphatic rings. The fraction of sp³-hybridized carbons (Fsp3) is 0.789. The fourth-order valence-corrected chi connectivity index (χ4v) is 13.8. The molecule has 5 fully saturated rings. The Morgan fingerprint density at radius 1 is 0.886 bits per heavy atom. The van der Waals surface area contributed by atoms with Gasteiger partial charge >= 0.3 is 0 Å². The lowest BCUT2D eigenvalue weighted by Gasteiger charge is -2.72. The molecule has 242 valence electrons. The average Bonchev–Trinajstić information content (AvgIpc) is 3.43. The third-order valence-electron chi connectivity index (χ3n) is 15.8. The first-order chi connectivity index (χ1) is 20.2. The first-order valence-corrected chi connectivity index (χ1v) is 17.9. The number of benzene rings is 1. The van der Waals surface area contributed by atoms with E-state index in [9.17, 15) is 0 Å². The van der Waals surface area contributed by atoms with E-state index in [1.54, 1.807) is 0 Å². The second-order valence-electron chi connectivity index (χ2n) is 18.3. The second kappa shape index (κ2) is 9.94. The molecule has 5 aliphatic carbocycles. The van der Waals surface area contributed by atoms with Gasteiger partial charge in [0.2, 0.25) is 0 Å². The van der Waals surface area contributed by atoms with Crippen LogP contribution in [0.3, 0.4) is 0 Å². The molecule has 1 saturated heterocycles. The summed E-state index contributed by atoms with van der Waals surface area (Å²) in [6.07, 6.45) is 12.6. The number of rotatable bonds is 2. The quantitative estimate of drug-likeness (QED) is 0.310. The summed E-state index contributed by atoms with van der Waals surface area (Å²) in [6.45, 7) is 20.2. The molecule has 9 atom stereocenters. The maximum atomic E-state index is 6.81. The molecule has 2 aromatic rings. The number of aromatic nitrogens is 3. The van der Waals surface area contributed by atoms with Crippen LogP contribution in [0.1, 0.15) is 117 Å². The Labute approximate surface area is 288 Å². The van der Waals surface area contributed by atoms with Crippen molar-refractivity contribution >= 4 is 11.6 Å². The highest BCUT2D eigenvalue weighted by Crippen LogP contribution is 2.77. The topological polar surface area (TPSA) is 30.9 Å². The van der Waals surface area contributed by atoms with Gasteiger partial charge in [0.05, 0.1) is 17.9 Å². The predicted molar refractivity (Wildman–Crippen MR) is 172 cm³/mol. The molecule has 4 nitrogen and oxygen atoms in total. The minimum atomic E-state index is 0. The highest BCUT2D eigenvalue weighted by atomic mass is 127. The van der Waals surface area contributed by atoms with Gasteiger partial charge in [-0.25, -0.2) is 0 Å². The third-order valence-corrected chi connectivity index (χ3v) is 16.1. The molecule has 6 heteroatoms. The summed E-state index contributed by atoms with van der Waals surface area (Å²) in [5, 5.41) is 5.96. The van der Waals surface area contributed by atoms with Gasteiger partial charge in [-0.15, -0.1) is 9.36 Å².